The zero-order chi connectivity index (χ0) is 13.1. The van der Waals surface area contributed by atoms with Crippen molar-refractivity contribution in [2.24, 2.45) is 0 Å². The van der Waals surface area contributed by atoms with E-state index in [-0.39, 0.29) is 6.10 Å². The van der Waals surface area contributed by atoms with E-state index in [1.165, 1.54) is 49.7 Å². The van der Waals surface area contributed by atoms with Gasteiger partial charge in [-0.25, -0.2) is 0 Å². The Morgan fingerprint density at radius 1 is 1.21 bits per heavy atom. The summed E-state index contributed by atoms with van der Waals surface area (Å²) in [7, 11) is 0. The molecule has 2 saturated carbocycles. The average Bonchev–Trinajstić information content (AvgIpc) is 3.10. The lowest BCUT2D eigenvalue weighted by Crippen LogP contribution is -2.27. The first-order chi connectivity index (χ1) is 9.31. The lowest BCUT2D eigenvalue weighted by atomic mass is 10.1. The van der Waals surface area contributed by atoms with Gasteiger partial charge >= 0.3 is 0 Å². The van der Waals surface area contributed by atoms with Gasteiger partial charge in [-0.05, 0) is 38.2 Å². The molecular weight excluding hydrogens is 234 g/mol. The summed E-state index contributed by atoms with van der Waals surface area (Å²) in [6.45, 7) is 3.12. The fraction of sp³-hybridized carbons (Fsp3) is 0.647. The maximum Gasteiger partial charge on any atom is 0.0953 e. The van der Waals surface area contributed by atoms with E-state index in [9.17, 15) is 0 Å². The highest BCUT2D eigenvalue weighted by atomic mass is 16.5. The molecule has 1 N–H and O–H groups in total. The Morgan fingerprint density at radius 3 is 2.68 bits per heavy atom. The number of rotatable bonds is 6. The van der Waals surface area contributed by atoms with Crippen LogP contribution in [0.5, 0.6) is 0 Å². The van der Waals surface area contributed by atoms with Crippen LogP contribution in [0.3, 0.4) is 0 Å². The Bertz CT molecular complexity index is 407. The molecule has 19 heavy (non-hydrogen) atoms. The van der Waals surface area contributed by atoms with Crippen molar-refractivity contribution in [3.8, 4) is 0 Å². The predicted molar refractivity (Wildman–Crippen MR) is 78.3 cm³/mol. The summed E-state index contributed by atoms with van der Waals surface area (Å²) >= 11 is 0. The topological polar surface area (TPSA) is 21.3 Å². The van der Waals surface area contributed by atoms with Gasteiger partial charge in [-0.2, -0.15) is 0 Å². The molecule has 1 unspecified atom stereocenters. The highest BCUT2D eigenvalue weighted by Gasteiger charge is 2.25. The molecule has 1 aromatic rings. The van der Waals surface area contributed by atoms with Crippen LogP contribution < -0.4 is 5.32 Å². The van der Waals surface area contributed by atoms with Crippen LogP contribution in [-0.2, 0) is 4.74 Å². The van der Waals surface area contributed by atoms with Crippen molar-refractivity contribution < 1.29 is 4.74 Å². The summed E-state index contributed by atoms with van der Waals surface area (Å²) in [6, 6.07) is 9.53. The van der Waals surface area contributed by atoms with E-state index < -0.39 is 0 Å². The van der Waals surface area contributed by atoms with E-state index >= 15 is 0 Å². The van der Waals surface area contributed by atoms with Crippen molar-refractivity contribution in [1.29, 1.82) is 0 Å². The second-order valence-electron chi connectivity index (χ2n) is 6.13. The van der Waals surface area contributed by atoms with E-state index in [0.29, 0.717) is 6.10 Å². The third kappa shape index (κ3) is 3.80. The summed E-state index contributed by atoms with van der Waals surface area (Å²) < 4.78 is 6.37. The minimum atomic E-state index is 0.226. The average molecular weight is 259 g/mol. The monoisotopic (exact) mass is 259 g/mol. The van der Waals surface area contributed by atoms with Crippen molar-refractivity contribution in [3.63, 3.8) is 0 Å². The van der Waals surface area contributed by atoms with Gasteiger partial charge in [-0.1, -0.05) is 42.7 Å². The molecule has 0 saturated heterocycles. The molecule has 0 aromatic heterocycles. The summed E-state index contributed by atoms with van der Waals surface area (Å²) in [6.07, 6.45) is 8.53. The molecule has 2 aliphatic carbocycles. The van der Waals surface area contributed by atoms with E-state index in [1.807, 2.05) is 0 Å². The van der Waals surface area contributed by atoms with Crippen molar-refractivity contribution >= 4 is 0 Å². The highest BCUT2D eigenvalue weighted by molar-refractivity contribution is 5.24. The quantitative estimate of drug-likeness (QED) is 0.840. The zero-order valence-electron chi connectivity index (χ0n) is 11.9. The van der Waals surface area contributed by atoms with E-state index in [1.54, 1.807) is 0 Å². The van der Waals surface area contributed by atoms with Gasteiger partial charge in [0.15, 0.2) is 0 Å². The number of nitrogens with one attached hydrogen (secondary N) is 1. The lowest BCUT2D eigenvalue weighted by Gasteiger charge is -2.23. The first-order valence-electron chi connectivity index (χ1n) is 7.76. The van der Waals surface area contributed by atoms with Gasteiger partial charge in [0.2, 0.25) is 0 Å². The van der Waals surface area contributed by atoms with Gasteiger partial charge in [0.25, 0.3) is 0 Å². The maximum absolute atomic E-state index is 6.37. The molecule has 2 fully saturated rings. The summed E-state index contributed by atoms with van der Waals surface area (Å²) in [5, 5.41) is 3.62. The summed E-state index contributed by atoms with van der Waals surface area (Å²) in [5.41, 5.74) is 2.66. The van der Waals surface area contributed by atoms with Crippen LogP contribution in [0.15, 0.2) is 24.3 Å². The van der Waals surface area contributed by atoms with Crippen LogP contribution in [0, 0.1) is 6.92 Å². The van der Waals surface area contributed by atoms with Gasteiger partial charge in [-0.3, -0.25) is 0 Å². The molecule has 2 aliphatic rings. The predicted octanol–water partition coefficient (Wildman–Crippen LogP) is 3.75. The van der Waals surface area contributed by atoms with Crippen molar-refractivity contribution in [2.45, 2.75) is 63.7 Å². The van der Waals surface area contributed by atoms with Gasteiger partial charge in [0.05, 0.1) is 12.2 Å². The first kappa shape index (κ1) is 13.1. The Hall–Kier alpha value is -0.860. The fourth-order valence-corrected chi connectivity index (χ4v) is 2.93. The van der Waals surface area contributed by atoms with Crippen LogP contribution in [-0.4, -0.2) is 18.7 Å². The van der Waals surface area contributed by atoms with Crippen LogP contribution in [0.25, 0.3) is 0 Å². The molecule has 1 aromatic carbocycles. The molecule has 2 heteroatoms. The van der Waals surface area contributed by atoms with E-state index in [0.717, 1.165) is 12.6 Å². The third-order valence-corrected chi connectivity index (χ3v) is 4.24. The molecule has 3 rings (SSSR count). The van der Waals surface area contributed by atoms with Crippen LogP contribution in [0.4, 0.5) is 0 Å². The van der Waals surface area contributed by atoms with E-state index in [2.05, 4.69) is 36.5 Å². The third-order valence-electron chi connectivity index (χ3n) is 4.24. The Labute approximate surface area is 116 Å². The zero-order valence-corrected chi connectivity index (χ0v) is 11.9. The largest absolute Gasteiger partial charge is 0.369 e. The Kier molecular flexibility index (Phi) is 4.19. The highest BCUT2D eigenvalue weighted by Crippen LogP contribution is 2.29. The SMILES string of the molecule is Cc1cccc(C(CNC2CC2)OC2CCCC2)c1. The van der Waals surface area contributed by atoms with Crippen molar-refractivity contribution in [2.75, 3.05) is 6.54 Å². The summed E-state index contributed by atoms with van der Waals surface area (Å²) in [5.74, 6) is 0. The normalized spacial score (nSPS) is 21.7. The standard InChI is InChI=1S/C17H25NO/c1-13-5-4-6-14(11-13)17(12-18-15-9-10-15)19-16-7-2-3-8-16/h4-6,11,15-18H,2-3,7-10,12H2,1H3. The molecule has 0 radical (unpaired) electrons. The molecule has 104 valence electrons. The van der Waals surface area contributed by atoms with Gasteiger partial charge in [-0.15, -0.1) is 0 Å². The molecule has 0 heterocycles. The van der Waals surface area contributed by atoms with Crippen molar-refractivity contribution in [3.05, 3.63) is 35.4 Å². The second kappa shape index (κ2) is 6.06. The van der Waals surface area contributed by atoms with Gasteiger partial charge in [0.1, 0.15) is 0 Å². The number of benzene rings is 1. The first-order valence-corrected chi connectivity index (χ1v) is 7.76. The number of hydrogen-bond acceptors (Lipinski definition) is 2. The van der Waals surface area contributed by atoms with Crippen LogP contribution in [0.1, 0.15) is 55.8 Å². The number of ether oxygens (including phenoxy) is 1. The number of hydrogen-bond donors (Lipinski definition) is 1. The minimum absolute atomic E-state index is 0.226. The van der Waals surface area contributed by atoms with Crippen molar-refractivity contribution in [1.82, 2.24) is 5.32 Å². The van der Waals surface area contributed by atoms with Crippen LogP contribution >= 0.6 is 0 Å². The van der Waals surface area contributed by atoms with Crippen LogP contribution in [0.2, 0.25) is 0 Å². The second-order valence-corrected chi connectivity index (χ2v) is 6.13. The molecule has 0 bridgehead atoms. The van der Waals surface area contributed by atoms with Gasteiger partial charge in [0, 0.05) is 12.6 Å². The molecular formula is C17H25NO. The van der Waals surface area contributed by atoms with E-state index in [4.69, 9.17) is 4.74 Å². The minimum Gasteiger partial charge on any atom is -0.369 e. The maximum atomic E-state index is 6.37. The fourth-order valence-electron chi connectivity index (χ4n) is 2.93. The lowest BCUT2D eigenvalue weighted by molar-refractivity contribution is -0.00894. The molecule has 1 atom stereocenters. The smallest absolute Gasteiger partial charge is 0.0953 e. The molecule has 0 amide bonds. The number of aryl methyl sites for hydroxylation is 1. The summed E-state index contributed by atoms with van der Waals surface area (Å²) in [4.78, 5) is 0. The Balaban J connectivity index is 1.66. The molecule has 2 nitrogen and oxygen atoms in total. The Morgan fingerprint density at radius 2 is 2.00 bits per heavy atom. The molecule has 0 aliphatic heterocycles. The van der Waals surface area contributed by atoms with Gasteiger partial charge < -0.3 is 10.1 Å². The molecule has 0 spiro atoms.